The molecule has 1 amide bonds. The van der Waals surface area contributed by atoms with Gasteiger partial charge in [-0.1, -0.05) is 30.3 Å². The smallest absolute Gasteiger partial charge is 0.407 e. The highest BCUT2D eigenvalue weighted by Crippen LogP contribution is 2.30. The lowest BCUT2D eigenvalue weighted by Gasteiger charge is -2.32. The van der Waals surface area contributed by atoms with Crippen molar-refractivity contribution in [2.24, 2.45) is 5.92 Å². The molecule has 5 rings (SSSR count). The van der Waals surface area contributed by atoms with E-state index in [2.05, 4.69) is 10.3 Å². The quantitative estimate of drug-likeness (QED) is 0.401. The van der Waals surface area contributed by atoms with Gasteiger partial charge in [-0.3, -0.25) is 4.79 Å². The van der Waals surface area contributed by atoms with E-state index < -0.39 is 12.2 Å². The van der Waals surface area contributed by atoms with Crippen LogP contribution in [0.25, 0.3) is 22.0 Å². The molecule has 1 saturated carbocycles. The minimum Gasteiger partial charge on any atom is -0.497 e. The molecule has 36 heavy (non-hydrogen) atoms. The molecule has 2 aromatic carbocycles. The van der Waals surface area contributed by atoms with E-state index in [9.17, 15) is 14.7 Å². The van der Waals surface area contributed by atoms with Crippen molar-refractivity contribution in [1.82, 2.24) is 14.9 Å². The molecule has 1 unspecified atom stereocenters. The molecule has 1 fully saturated rings. The lowest BCUT2D eigenvalue weighted by atomic mass is 9.82. The summed E-state index contributed by atoms with van der Waals surface area (Å²) < 4.78 is 17.7. The SMILES string of the molecule is COc1ccc2c3ocnc3c(=O)n(CC(O)[C@H]3CC[C@H](NC(=O)OCc4ccccc4)CC3)c2c1. The van der Waals surface area contributed by atoms with E-state index in [0.29, 0.717) is 16.8 Å². The van der Waals surface area contributed by atoms with E-state index in [4.69, 9.17) is 13.9 Å². The highest BCUT2D eigenvalue weighted by Gasteiger charge is 2.29. The monoisotopic (exact) mass is 491 g/mol. The number of oxazole rings is 1. The number of amides is 1. The maximum Gasteiger partial charge on any atom is 0.407 e. The number of aliphatic hydroxyl groups is 1. The van der Waals surface area contributed by atoms with Crippen molar-refractivity contribution in [3.05, 3.63) is 70.8 Å². The van der Waals surface area contributed by atoms with Gasteiger partial charge in [-0.15, -0.1) is 0 Å². The fourth-order valence-corrected chi connectivity index (χ4v) is 4.98. The third kappa shape index (κ3) is 4.92. The van der Waals surface area contributed by atoms with Crippen molar-refractivity contribution >= 4 is 28.1 Å². The average Bonchev–Trinajstić information content (AvgIpc) is 3.41. The number of aliphatic hydroxyl groups excluding tert-OH is 1. The second kappa shape index (κ2) is 10.4. The first-order valence-corrected chi connectivity index (χ1v) is 12.1. The fraction of sp³-hybridized carbons (Fsp3) is 0.370. The van der Waals surface area contributed by atoms with E-state index in [0.717, 1.165) is 36.6 Å². The van der Waals surface area contributed by atoms with Crippen molar-refractivity contribution < 1.29 is 23.8 Å². The number of aromatic nitrogens is 2. The van der Waals surface area contributed by atoms with Crippen LogP contribution in [-0.4, -0.2) is 40.0 Å². The molecule has 1 aliphatic carbocycles. The summed E-state index contributed by atoms with van der Waals surface area (Å²) in [6.45, 7) is 0.358. The first-order valence-electron chi connectivity index (χ1n) is 12.1. The summed E-state index contributed by atoms with van der Waals surface area (Å²) in [5.41, 5.74) is 1.91. The van der Waals surface area contributed by atoms with Gasteiger partial charge in [-0.05, 0) is 49.3 Å². The molecule has 0 saturated heterocycles. The van der Waals surface area contributed by atoms with Gasteiger partial charge in [0, 0.05) is 17.5 Å². The van der Waals surface area contributed by atoms with E-state index in [1.807, 2.05) is 36.4 Å². The van der Waals surface area contributed by atoms with E-state index in [1.54, 1.807) is 23.8 Å². The van der Waals surface area contributed by atoms with Crippen LogP contribution in [0.1, 0.15) is 31.2 Å². The number of fused-ring (bicyclic) bond motifs is 3. The molecule has 4 aromatic rings. The zero-order chi connectivity index (χ0) is 25.1. The minimum absolute atomic E-state index is 0.00366. The summed E-state index contributed by atoms with van der Waals surface area (Å²) in [7, 11) is 1.56. The van der Waals surface area contributed by atoms with E-state index >= 15 is 0 Å². The van der Waals surface area contributed by atoms with Gasteiger partial charge >= 0.3 is 6.09 Å². The first-order chi connectivity index (χ1) is 17.5. The van der Waals surface area contributed by atoms with Gasteiger partial charge in [-0.2, -0.15) is 0 Å². The number of carbonyl (C=O) groups excluding carboxylic acids is 1. The third-order valence-corrected chi connectivity index (χ3v) is 6.98. The predicted molar refractivity (Wildman–Crippen MR) is 134 cm³/mol. The highest BCUT2D eigenvalue weighted by atomic mass is 16.5. The Morgan fingerprint density at radius 1 is 1.19 bits per heavy atom. The number of benzene rings is 2. The minimum atomic E-state index is -0.729. The summed E-state index contributed by atoms with van der Waals surface area (Å²) in [6, 6.07) is 14.9. The Bertz CT molecular complexity index is 1410. The van der Waals surface area contributed by atoms with Gasteiger partial charge in [0.1, 0.15) is 12.4 Å². The summed E-state index contributed by atoms with van der Waals surface area (Å²) >= 11 is 0. The Hall–Kier alpha value is -3.85. The Labute approximate surface area is 207 Å². The van der Waals surface area contributed by atoms with Crippen molar-refractivity contribution in [2.75, 3.05) is 7.11 Å². The molecule has 1 aliphatic rings. The van der Waals surface area contributed by atoms with Crippen LogP contribution in [0.4, 0.5) is 4.79 Å². The lowest BCUT2D eigenvalue weighted by Crippen LogP contribution is -2.40. The zero-order valence-corrected chi connectivity index (χ0v) is 20.1. The lowest BCUT2D eigenvalue weighted by molar-refractivity contribution is 0.0629. The van der Waals surface area contributed by atoms with Gasteiger partial charge in [0.2, 0.25) is 0 Å². The van der Waals surface area contributed by atoms with Crippen molar-refractivity contribution in [1.29, 1.82) is 0 Å². The number of nitrogens with zero attached hydrogens (tertiary/aromatic N) is 2. The Morgan fingerprint density at radius 2 is 1.97 bits per heavy atom. The number of alkyl carbamates (subject to hydrolysis) is 1. The third-order valence-electron chi connectivity index (χ3n) is 6.98. The van der Waals surface area contributed by atoms with Crippen LogP contribution in [0.2, 0.25) is 0 Å². The fourth-order valence-electron chi connectivity index (χ4n) is 4.98. The molecular formula is C27H29N3O6. The summed E-state index contributed by atoms with van der Waals surface area (Å²) in [5.74, 6) is 0.610. The summed E-state index contributed by atoms with van der Waals surface area (Å²) in [6.07, 6.45) is 3.01. The molecule has 0 aliphatic heterocycles. The molecule has 9 nitrogen and oxygen atoms in total. The maximum absolute atomic E-state index is 13.2. The van der Waals surface area contributed by atoms with Crippen LogP contribution in [0.3, 0.4) is 0 Å². The largest absolute Gasteiger partial charge is 0.497 e. The molecule has 9 heteroatoms. The van der Waals surface area contributed by atoms with Crippen LogP contribution in [-0.2, 0) is 17.9 Å². The first kappa shape index (κ1) is 23.9. The van der Waals surface area contributed by atoms with Crippen LogP contribution in [0.15, 0.2) is 64.1 Å². The Kier molecular flexibility index (Phi) is 6.90. The summed E-state index contributed by atoms with van der Waals surface area (Å²) in [4.78, 5) is 29.5. The Balaban J connectivity index is 1.23. The standard InChI is InChI=1S/C27H29N3O6/c1-34-20-11-12-21-22(13-20)30(26(32)24-25(21)36-16-28-24)14-23(31)18-7-9-19(10-8-18)29-27(33)35-15-17-5-3-2-4-6-17/h2-6,11-13,16,18-19,23,31H,7-10,14-15H2,1H3,(H,29,33)/t18-,19-,23?. The molecule has 2 N–H and O–H groups in total. The number of methoxy groups -OCH3 is 1. The molecule has 2 aromatic heterocycles. The molecule has 0 radical (unpaired) electrons. The topological polar surface area (TPSA) is 116 Å². The second-order valence-electron chi connectivity index (χ2n) is 9.21. The maximum atomic E-state index is 13.2. The second-order valence-corrected chi connectivity index (χ2v) is 9.21. The zero-order valence-electron chi connectivity index (χ0n) is 20.1. The number of carbonyl (C=O) groups is 1. The van der Waals surface area contributed by atoms with Crippen LogP contribution >= 0.6 is 0 Å². The number of pyridine rings is 1. The molecular weight excluding hydrogens is 462 g/mol. The number of rotatable bonds is 7. The van der Waals surface area contributed by atoms with Crippen LogP contribution < -0.4 is 15.6 Å². The van der Waals surface area contributed by atoms with Gasteiger partial charge in [0.15, 0.2) is 17.5 Å². The summed E-state index contributed by atoms with van der Waals surface area (Å²) in [5, 5.41) is 14.8. The van der Waals surface area contributed by atoms with Crippen molar-refractivity contribution in [3.8, 4) is 5.75 Å². The van der Waals surface area contributed by atoms with Crippen molar-refractivity contribution in [3.63, 3.8) is 0 Å². The average molecular weight is 492 g/mol. The van der Waals surface area contributed by atoms with Gasteiger partial charge < -0.3 is 28.9 Å². The van der Waals surface area contributed by atoms with Gasteiger partial charge in [0.05, 0.1) is 25.3 Å². The van der Waals surface area contributed by atoms with E-state index in [1.165, 1.54) is 6.39 Å². The molecule has 1 atom stereocenters. The molecule has 0 bridgehead atoms. The van der Waals surface area contributed by atoms with Crippen LogP contribution in [0, 0.1) is 5.92 Å². The molecule has 0 spiro atoms. The normalized spacial score (nSPS) is 18.7. The van der Waals surface area contributed by atoms with Crippen LogP contribution in [0.5, 0.6) is 5.75 Å². The van der Waals surface area contributed by atoms with Gasteiger partial charge in [-0.25, -0.2) is 9.78 Å². The number of ether oxygens (including phenoxy) is 2. The number of hydrogen-bond donors (Lipinski definition) is 2. The molecule has 188 valence electrons. The van der Waals surface area contributed by atoms with Gasteiger partial charge in [0.25, 0.3) is 5.56 Å². The number of nitrogens with one attached hydrogen (secondary N) is 1. The predicted octanol–water partition coefficient (Wildman–Crippen LogP) is 4.00. The van der Waals surface area contributed by atoms with Crippen molar-refractivity contribution in [2.45, 2.75) is 51.0 Å². The van der Waals surface area contributed by atoms with E-state index in [-0.39, 0.29) is 36.2 Å². The Morgan fingerprint density at radius 3 is 2.72 bits per heavy atom. The highest BCUT2D eigenvalue weighted by molar-refractivity contribution is 6.01. The number of hydrogen-bond acceptors (Lipinski definition) is 7. The molecule has 2 heterocycles.